The zero-order valence-electron chi connectivity index (χ0n) is 27.5. The van der Waals surface area contributed by atoms with E-state index in [0.717, 1.165) is 119 Å². The molecular formula is C34H49F6NaO5S. The maximum atomic E-state index is 12.4. The molecule has 0 aromatic heterocycles. The first-order chi connectivity index (χ1) is 21.7. The quantitative estimate of drug-likeness (QED) is 0.0460. The first kappa shape index (κ1) is 45.9. The van der Waals surface area contributed by atoms with Gasteiger partial charge in [-0.3, -0.25) is 4.18 Å². The molecule has 47 heavy (non-hydrogen) atoms. The molecular weight excluding hydrogens is 657 g/mol. The maximum absolute atomic E-state index is 12.4. The second kappa shape index (κ2) is 25.8. The van der Waals surface area contributed by atoms with Gasteiger partial charge in [0.2, 0.25) is 10.4 Å². The van der Waals surface area contributed by atoms with E-state index in [0.29, 0.717) is 6.42 Å². The van der Waals surface area contributed by atoms with Crippen LogP contribution in [-0.2, 0) is 39.8 Å². The first-order valence-corrected chi connectivity index (χ1v) is 17.6. The molecule has 0 atom stereocenters. The van der Waals surface area contributed by atoms with Crippen molar-refractivity contribution in [1.29, 1.82) is 0 Å². The number of rotatable bonds is 22. The Kier molecular flexibility index (Phi) is 25.1. The number of unbranched alkanes of at least 4 members (excludes halogenated alkanes) is 14. The average molecular weight is 707 g/mol. The number of aliphatic hydroxyl groups is 1. The van der Waals surface area contributed by atoms with E-state index in [9.17, 15) is 39.3 Å². The van der Waals surface area contributed by atoms with Crippen LogP contribution in [0.1, 0.15) is 125 Å². The number of hydrogen-bond acceptors (Lipinski definition) is 5. The summed E-state index contributed by atoms with van der Waals surface area (Å²) >= 11 is 0. The third-order valence-corrected chi connectivity index (χ3v) is 7.98. The molecule has 0 bridgehead atoms. The summed E-state index contributed by atoms with van der Waals surface area (Å²) in [6.07, 6.45) is 9.49. The molecule has 1 N–H and O–H groups in total. The fraction of sp³-hybridized carbons (Fsp3) is 0.647. The molecule has 0 aliphatic heterocycles. The van der Waals surface area contributed by atoms with Gasteiger partial charge >= 0.3 is 41.9 Å². The normalized spacial score (nSPS) is 11.9. The van der Waals surface area contributed by atoms with Gasteiger partial charge in [0.25, 0.3) is 0 Å². The minimum Gasteiger partial charge on any atom is -0.726 e. The first-order valence-electron chi connectivity index (χ1n) is 16.3. The van der Waals surface area contributed by atoms with Crippen molar-refractivity contribution in [2.75, 3.05) is 13.2 Å². The Labute approximate surface area is 299 Å². The molecule has 5 nitrogen and oxygen atoms in total. The summed E-state index contributed by atoms with van der Waals surface area (Å²) in [5.74, 6) is 0. The SMILES string of the molecule is O=S(=O)([O-])OCCCCCCCCCCc1ccc(C(F)(F)F)cc1.OCCCCCCCCCCc1ccc(C(F)(F)F)cc1.[Na+]. The molecule has 2 rings (SSSR count). The van der Waals surface area contributed by atoms with Crippen LogP contribution in [0.5, 0.6) is 0 Å². The zero-order valence-corrected chi connectivity index (χ0v) is 30.3. The number of alkyl halides is 6. The van der Waals surface area contributed by atoms with Gasteiger partial charge in [0, 0.05) is 6.61 Å². The maximum Gasteiger partial charge on any atom is 1.00 e. The van der Waals surface area contributed by atoms with Crippen molar-refractivity contribution in [3.63, 3.8) is 0 Å². The second-order valence-electron chi connectivity index (χ2n) is 11.5. The molecule has 264 valence electrons. The van der Waals surface area contributed by atoms with E-state index in [1.54, 1.807) is 12.1 Å². The minimum atomic E-state index is -4.57. The van der Waals surface area contributed by atoms with Gasteiger partial charge in [-0.25, -0.2) is 8.42 Å². The van der Waals surface area contributed by atoms with E-state index in [2.05, 4.69) is 4.18 Å². The summed E-state index contributed by atoms with van der Waals surface area (Å²) in [6.45, 7) is 0.228. The Balaban J connectivity index is 0.000000894. The third kappa shape index (κ3) is 25.5. The van der Waals surface area contributed by atoms with E-state index in [4.69, 9.17) is 5.11 Å². The second-order valence-corrected chi connectivity index (χ2v) is 12.6. The number of benzene rings is 2. The van der Waals surface area contributed by atoms with Crippen molar-refractivity contribution in [2.45, 2.75) is 128 Å². The van der Waals surface area contributed by atoms with Crippen LogP contribution in [0.15, 0.2) is 48.5 Å². The Bertz CT molecular complexity index is 1140. The standard InChI is InChI=1S/C17H25F3O4S.C17H25F3O.Na/c18-17(19,20)16-12-10-15(11-13-16)9-7-5-3-1-2-4-6-8-14-24-25(21,22)23;18-17(19,20)16-12-10-15(11-13-16)9-7-5-3-1-2-4-6-8-14-21;/h10-13H,1-9,14H2,(H,21,22,23);10-13,21H,1-9,14H2;/q;;+1/p-1. The van der Waals surface area contributed by atoms with Crippen molar-refractivity contribution in [3.8, 4) is 0 Å². The molecule has 0 radical (unpaired) electrons. The Morgan fingerprint density at radius 3 is 1.13 bits per heavy atom. The molecule has 0 spiro atoms. The van der Waals surface area contributed by atoms with Crippen LogP contribution >= 0.6 is 0 Å². The van der Waals surface area contributed by atoms with E-state index in [1.165, 1.54) is 37.8 Å². The molecule has 2 aromatic carbocycles. The van der Waals surface area contributed by atoms with Gasteiger partial charge in [0.15, 0.2) is 0 Å². The van der Waals surface area contributed by atoms with Gasteiger partial charge in [0.05, 0.1) is 17.7 Å². The molecule has 2 aromatic rings. The van der Waals surface area contributed by atoms with E-state index in [-0.39, 0.29) is 42.8 Å². The van der Waals surface area contributed by atoms with Gasteiger partial charge in [-0.1, -0.05) is 101 Å². The van der Waals surface area contributed by atoms with Crippen molar-refractivity contribution < 1.29 is 78.2 Å². The predicted molar refractivity (Wildman–Crippen MR) is 167 cm³/mol. The third-order valence-electron chi connectivity index (χ3n) is 7.52. The minimum absolute atomic E-state index is 0. The number of aliphatic hydroxyl groups excluding tert-OH is 1. The fourth-order valence-corrected chi connectivity index (χ4v) is 5.20. The van der Waals surface area contributed by atoms with E-state index < -0.39 is 33.9 Å². The van der Waals surface area contributed by atoms with Crippen molar-refractivity contribution in [1.82, 2.24) is 0 Å². The zero-order chi connectivity index (χ0) is 34.3. The van der Waals surface area contributed by atoms with Crippen LogP contribution in [0.4, 0.5) is 26.3 Å². The monoisotopic (exact) mass is 706 g/mol. The topological polar surface area (TPSA) is 86.7 Å². The van der Waals surface area contributed by atoms with Crippen LogP contribution in [0.2, 0.25) is 0 Å². The van der Waals surface area contributed by atoms with Crippen LogP contribution in [0.3, 0.4) is 0 Å². The van der Waals surface area contributed by atoms with Gasteiger partial charge in [-0.05, 0) is 73.9 Å². The van der Waals surface area contributed by atoms with Crippen LogP contribution < -0.4 is 29.6 Å². The number of halogens is 6. The molecule has 13 heteroatoms. The number of aryl methyl sites for hydroxylation is 2. The van der Waals surface area contributed by atoms with Gasteiger partial charge in [0.1, 0.15) is 0 Å². The average Bonchev–Trinajstić information content (AvgIpc) is 2.98. The molecule has 0 aliphatic rings. The molecule has 0 amide bonds. The molecule has 0 fully saturated rings. The van der Waals surface area contributed by atoms with Crippen molar-refractivity contribution in [2.24, 2.45) is 0 Å². The molecule has 0 aliphatic carbocycles. The fourth-order valence-electron chi connectivity index (χ4n) is 4.88. The van der Waals surface area contributed by atoms with Gasteiger partial charge in [-0.15, -0.1) is 0 Å². The Hall–Kier alpha value is -1.15. The van der Waals surface area contributed by atoms with Crippen molar-refractivity contribution >= 4 is 10.4 Å². The smallest absolute Gasteiger partial charge is 0.726 e. The summed E-state index contributed by atoms with van der Waals surface area (Å²) in [4.78, 5) is 0. The molecule has 0 saturated carbocycles. The molecule has 0 unspecified atom stereocenters. The largest absolute Gasteiger partial charge is 1.00 e. The van der Waals surface area contributed by atoms with Crippen LogP contribution in [-0.4, -0.2) is 31.3 Å². The van der Waals surface area contributed by atoms with Gasteiger partial charge in [-0.2, -0.15) is 26.3 Å². The Morgan fingerprint density at radius 2 is 0.830 bits per heavy atom. The summed E-state index contributed by atoms with van der Waals surface area (Å²) in [7, 11) is -4.57. The predicted octanol–water partition coefficient (Wildman–Crippen LogP) is 7.21. The molecule has 0 saturated heterocycles. The van der Waals surface area contributed by atoms with Gasteiger partial charge < -0.3 is 9.66 Å². The Morgan fingerprint density at radius 1 is 0.532 bits per heavy atom. The summed E-state index contributed by atoms with van der Waals surface area (Å²) in [5.41, 5.74) is 0.705. The summed E-state index contributed by atoms with van der Waals surface area (Å²) < 4.78 is 109. The van der Waals surface area contributed by atoms with E-state index in [1.807, 2.05) is 0 Å². The van der Waals surface area contributed by atoms with Crippen LogP contribution in [0.25, 0.3) is 0 Å². The molecule has 0 heterocycles. The van der Waals surface area contributed by atoms with Crippen LogP contribution in [0, 0.1) is 0 Å². The summed E-state index contributed by atoms with van der Waals surface area (Å²) in [6, 6.07) is 10.8. The summed E-state index contributed by atoms with van der Waals surface area (Å²) in [5, 5.41) is 8.65. The van der Waals surface area contributed by atoms with Crippen molar-refractivity contribution in [3.05, 3.63) is 70.8 Å². The van der Waals surface area contributed by atoms with E-state index >= 15 is 0 Å². The number of hydrogen-bond donors (Lipinski definition) is 1.